The summed E-state index contributed by atoms with van der Waals surface area (Å²) in [6, 6.07) is 15.3. The van der Waals surface area contributed by atoms with Crippen LogP contribution < -0.4 is 16.0 Å². The van der Waals surface area contributed by atoms with E-state index in [9.17, 15) is 9.59 Å². The molecule has 0 aliphatic carbocycles. The molecule has 1 unspecified atom stereocenters. The molecule has 1 saturated heterocycles. The first-order chi connectivity index (χ1) is 14.5. The zero-order valence-electron chi connectivity index (χ0n) is 17.6. The maximum atomic E-state index is 12.7. The summed E-state index contributed by atoms with van der Waals surface area (Å²) in [6.07, 6.45) is 1.93. The molecule has 1 heterocycles. The average Bonchev–Trinajstić information content (AvgIpc) is 3.24. The van der Waals surface area contributed by atoms with Crippen LogP contribution in [0.15, 0.2) is 48.5 Å². The predicted octanol–water partition coefficient (Wildman–Crippen LogP) is 3.35. The second kappa shape index (κ2) is 10.6. The van der Waals surface area contributed by atoms with E-state index in [-0.39, 0.29) is 17.9 Å². The average molecular weight is 428 g/mol. The van der Waals surface area contributed by atoms with Crippen LogP contribution >= 0.6 is 11.6 Å². The Hall–Kier alpha value is -2.37. The zero-order valence-corrected chi connectivity index (χ0v) is 18.3. The van der Waals surface area contributed by atoms with Gasteiger partial charge < -0.3 is 16.0 Å². The molecule has 3 rings (SSSR count). The SMILES string of the molecule is CC[C@H](NC(=O)C1C[C@@H](c2ccccc2)CN1)C(=O)NCCc1ccc(C)cc1Cl. The van der Waals surface area contributed by atoms with Gasteiger partial charge in [-0.1, -0.05) is 61.0 Å². The van der Waals surface area contributed by atoms with Crippen LogP contribution in [0, 0.1) is 6.92 Å². The highest BCUT2D eigenvalue weighted by Crippen LogP contribution is 2.25. The van der Waals surface area contributed by atoms with Crippen LogP contribution in [0.5, 0.6) is 0 Å². The van der Waals surface area contributed by atoms with Crippen LogP contribution in [0.2, 0.25) is 5.02 Å². The smallest absolute Gasteiger partial charge is 0.242 e. The van der Waals surface area contributed by atoms with Crippen LogP contribution in [-0.4, -0.2) is 37.0 Å². The monoisotopic (exact) mass is 427 g/mol. The Kier molecular flexibility index (Phi) is 7.88. The summed E-state index contributed by atoms with van der Waals surface area (Å²) in [7, 11) is 0. The first-order valence-electron chi connectivity index (χ1n) is 10.6. The van der Waals surface area contributed by atoms with Crippen molar-refractivity contribution < 1.29 is 9.59 Å². The molecule has 0 bridgehead atoms. The van der Waals surface area contributed by atoms with Crippen molar-refractivity contribution in [2.24, 2.45) is 0 Å². The van der Waals surface area contributed by atoms with Gasteiger partial charge in [-0.15, -0.1) is 0 Å². The number of aryl methyl sites for hydroxylation is 1. The van der Waals surface area contributed by atoms with Gasteiger partial charge in [-0.2, -0.15) is 0 Å². The molecule has 0 saturated carbocycles. The minimum absolute atomic E-state index is 0.114. The lowest BCUT2D eigenvalue weighted by molar-refractivity contribution is -0.129. The van der Waals surface area contributed by atoms with E-state index >= 15 is 0 Å². The standard InChI is InChI=1S/C24H30ClN3O2/c1-3-21(23(29)26-12-11-18-10-9-16(2)13-20(18)25)28-24(30)22-14-19(15-27-22)17-7-5-4-6-8-17/h4-10,13,19,21-22,27H,3,11-12,14-15H2,1-2H3,(H,26,29)(H,28,30)/t19-,21+,22?/m1/s1. The van der Waals surface area contributed by atoms with E-state index in [0.717, 1.165) is 24.1 Å². The molecule has 1 fully saturated rings. The van der Waals surface area contributed by atoms with Gasteiger partial charge in [-0.25, -0.2) is 0 Å². The molecule has 1 aliphatic heterocycles. The summed E-state index contributed by atoms with van der Waals surface area (Å²) >= 11 is 6.26. The van der Waals surface area contributed by atoms with E-state index in [0.29, 0.717) is 30.3 Å². The van der Waals surface area contributed by atoms with Gasteiger partial charge in [0.1, 0.15) is 6.04 Å². The van der Waals surface area contributed by atoms with Crippen molar-refractivity contribution in [3.63, 3.8) is 0 Å². The molecule has 2 amide bonds. The molecular weight excluding hydrogens is 398 g/mol. The van der Waals surface area contributed by atoms with Gasteiger partial charge in [-0.3, -0.25) is 9.59 Å². The van der Waals surface area contributed by atoms with E-state index in [1.165, 1.54) is 5.56 Å². The minimum Gasteiger partial charge on any atom is -0.354 e. The van der Waals surface area contributed by atoms with Crippen molar-refractivity contribution in [3.05, 3.63) is 70.2 Å². The molecular formula is C24H30ClN3O2. The van der Waals surface area contributed by atoms with Crippen LogP contribution in [0.25, 0.3) is 0 Å². The van der Waals surface area contributed by atoms with Gasteiger partial charge in [-0.05, 0) is 54.9 Å². The second-order valence-corrected chi connectivity index (χ2v) is 8.32. The Morgan fingerprint density at radius 2 is 1.97 bits per heavy atom. The Bertz CT molecular complexity index is 872. The summed E-state index contributed by atoms with van der Waals surface area (Å²) in [5.41, 5.74) is 3.35. The molecule has 1 aliphatic rings. The molecule has 0 spiro atoms. The molecule has 3 atom stereocenters. The van der Waals surface area contributed by atoms with E-state index in [4.69, 9.17) is 11.6 Å². The number of rotatable bonds is 8. The van der Waals surface area contributed by atoms with Gasteiger partial charge in [0.2, 0.25) is 11.8 Å². The predicted molar refractivity (Wildman–Crippen MR) is 121 cm³/mol. The molecule has 2 aromatic carbocycles. The number of benzene rings is 2. The van der Waals surface area contributed by atoms with Gasteiger partial charge in [0.05, 0.1) is 6.04 Å². The van der Waals surface area contributed by atoms with Crippen LogP contribution in [0.4, 0.5) is 0 Å². The molecule has 6 heteroatoms. The summed E-state index contributed by atoms with van der Waals surface area (Å²) in [6.45, 7) is 5.14. The highest BCUT2D eigenvalue weighted by Gasteiger charge is 2.32. The lowest BCUT2D eigenvalue weighted by Gasteiger charge is -2.19. The fourth-order valence-corrected chi connectivity index (χ4v) is 4.17. The Morgan fingerprint density at radius 1 is 1.20 bits per heavy atom. The molecule has 160 valence electrons. The van der Waals surface area contributed by atoms with E-state index in [1.54, 1.807) is 0 Å². The lowest BCUT2D eigenvalue weighted by atomic mass is 9.96. The number of carbonyl (C=O) groups is 2. The fourth-order valence-electron chi connectivity index (χ4n) is 3.84. The maximum Gasteiger partial charge on any atom is 0.242 e. The molecule has 0 aromatic heterocycles. The second-order valence-electron chi connectivity index (χ2n) is 7.91. The van der Waals surface area contributed by atoms with Crippen molar-refractivity contribution in [1.82, 2.24) is 16.0 Å². The van der Waals surface area contributed by atoms with Gasteiger partial charge in [0, 0.05) is 18.1 Å². The number of hydrogen-bond donors (Lipinski definition) is 3. The maximum absolute atomic E-state index is 12.7. The van der Waals surface area contributed by atoms with Crippen molar-refractivity contribution >= 4 is 23.4 Å². The number of carbonyl (C=O) groups excluding carboxylic acids is 2. The third-order valence-corrected chi connectivity index (χ3v) is 6.01. The van der Waals surface area contributed by atoms with Crippen molar-refractivity contribution in [2.75, 3.05) is 13.1 Å². The van der Waals surface area contributed by atoms with Gasteiger partial charge >= 0.3 is 0 Å². The summed E-state index contributed by atoms with van der Waals surface area (Å²) in [5.74, 6) is 0.0406. The van der Waals surface area contributed by atoms with Gasteiger partial charge in [0.25, 0.3) is 0 Å². The summed E-state index contributed by atoms with van der Waals surface area (Å²) in [4.78, 5) is 25.3. The molecule has 30 heavy (non-hydrogen) atoms. The number of amides is 2. The third-order valence-electron chi connectivity index (χ3n) is 5.66. The number of hydrogen-bond acceptors (Lipinski definition) is 3. The van der Waals surface area contributed by atoms with Gasteiger partial charge in [0.15, 0.2) is 0 Å². The fraction of sp³-hybridized carbons (Fsp3) is 0.417. The largest absolute Gasteiger partial charge is 0.354 e. The van der Waals surface area contributed by atoms with E-state index in [2.05, 4.69) is 28.1 Å². The lowest BCUT2D eigenvalue weighted by Crippen LogP contribution is -2.51. The quantitative estimate of drug-likeness (QED) is 0.605. The third kappa shape index (κ3) is 5.83. The highest BCUT2D eigenvalue weighted by atomic mass is 35.5. The first kappa shape index (κ1) is 22.3. The number of nitrogens with one attached hydrogen (secondary N) is 3. The number of halogens is 1. The molecule has 3 N–H and O–H groups in total. The molecule has 0 radical (unpaired) electrons. The van der Waals surface area contributed by atoms with Crippen LogP contribution in [0.3, 0.4) is 0 Å². The normalized spacial score (nSPS) is 19.3. The highest BCUT2D eigenvalue weighted by molar-refractivity contribution is 6.31. The van der Waals surface area contributed by atoms with Crippen LogP contribution in [0.1, 0.15) is 42.4 Å². The minimum atomic E-state index is -0.538. The van der Waals surface area contributed by atoms with Crippen LogP contribution in [-0.2, 0) is 16.0 Å². The Balaban J connectivity index is 1.47. The molecule has 2 aromatic rings. The Morgan fingerprint density at radius 3 is 2.67 bits per heavy atom. The Labute approximate surface area is 183 Å². The van der Waals surface area contributed by atoms with Crippen molar-refractivity contribution in [2.45, 2.75) is 51.1 Å². The van der Waals surface area contributed by atoms with E-state index < -0.39 is 6.04 Å². The molecule has 5 nitrogen and oxygen atoms in total. The summed E-state index contributed by atoms with van der Waals surface area (Å²) < 4.78 is 0. The first-order valence-corrected chi connectivity index (χ1v) is 11.0. The topological polar surface area (TPSA) is 70.2 Å². The zero-order chi connectivity index (χ0) is 21.5. The van der Waals surface area contributed by atoms with Crippen molar-refractivity contribution in [1.29, 1.82) is 0 Å². The van der Waals surface area contributed by atoms with E-state index in [1.807, 2.05) is 50.2 Å². The van der Waals surface area contributed by atoms with Crippen molar-refractivity contribution in [3.8, 4) is 0 Å². The summed E-state index contributed by atoms with van der Waals surface area (Å²) in [5, 5.41) is 9.83.